The van der Waals surface area contributed by atoms with E-state index in [1.165, 1.54) is 24.3 Å². The van der Waals surface area contributed by atoms with Crippen molar-refractivity contribution in [2.24, 2.45) is 5.92 Å². The van der Waals surface area contributed by atoms with Crippen LogP contribution in [0.2, 0.25) is 0 Å². The van der Waals surface area contributed by atoms with E-state index in [1.54, 1.807) is 0 Å². The summed E-state index contributed by atoms with van der Waals surface area (Å²) in [6.07, 6.45) is 4.43. The summed E-state index contributed by atoms with van der Waals surface area (Å²) in [6.45, 7) is 5.03. The number of carbonyl (C=O) groups is 1. The highest BCUT2D eigenvalue weighted by Gasteiger charge is 2.30. The van der Waals surface area contributed by atoms with E-state index >= 15 is 0 Å². The van der Waals surface area contributed by atoms with Gasteiger partial charge in [-0.15, -0.1) is 0 Å². The summed E-state index contributed by atoms with van der Waals surface area (Å²) in [5, 5.41) is 3.33. The minimum atomic E-state index is 0.283. The largest absolute Gasteiger partial charge is 0.340 e. The monoisotopic (exact) mass is 256 g/mol. The fourth-order valence-corrected chi connectivity index (χ4v) is 3.98. The Morgan fingerprint density at radius 1 is 1.24 bits per heavy atom. The van der Waals surface area contributed by atoms with Crippen molar-refractivity contribution in [1.29, 1.82) is 0 Å². The van der Waals surface area contributed by atoms with Gasteiger partial charge < -0.3 is 10.2 Å². The van der Waals surface area contributed by atoms with Crippen molar-refractivity contribution in [3.63, 3.8) is 0 Å². The number of hydrogen-bond donors (Lipinski definition) is 1. The molecule has 0 aromatic heterocycles. The zero-order valence-corrected chi connectivity index (χ0v) is 11.6. The predicted molar refractivity (Wildman–Crippen MR) is 73.3 cm³/mol. The molecule has 0 bridgehead atoms. The lowest BCUT2D eigenvalue weighted by atomic mass is 9.95. The van der Waals surface area contributed by atoms with Gasteiger partial charge >= 0.3 is 0 Å². The fraction of sp³-hybridized carbons (Fsp3) is 0.923. The van der Waals surface area contributed by atoms with Crippen LogP contribution in [-0.4, -0.2) is 48.0 Å². The third-order valence-corrected chi connectivity index (χ3v) is 4.99. The molecule has 0 saturated carbocycles. The van der Waals surface area contributed by atoms with Gasteiger partial charge in [0.2, 0.25) is 5.91 Å². The molecule has 0 aliphatic carbocycles. The summed E-state index contributed by atoms with van der Waals surface area (Å²) >= 11 is 2.03. The van der Waals surface area contributed by atoms with Gasteiger partial charge in [-0.25, -0.2) is 0 Å². The number of carbonyl (C=O) groups excluding carboxylic acids is 1. The van der Waals surface area contributed by atoms with Crippen LogP contribution < -0.4 is 5.32 Å². The molecule has 0 aromatic rings. The lowest BCUT2D eigenvalue weighted by Crippen LogP contribution is -2.47. The summed E-state index contributed by atoms with van der Waals surface area (Å²) in [5.41, 5.74) is 0. The van der Waals surface area contributed by atoms with Crippen LogP contribution in [0, 0.1) is 5.92 Å². The summed E-state index contributed by atoms with van der Waals surface area (Å²) in [7, 11) is 0. The zero-order valence-electron chi connectivity index (χ0n) is 10.8. The third-order valence-electron chi connectivity index (χ3n) is 3.94. The smallest absolute Gasteiger partial charge is 0.226 e. The molecule has 2 aliphatic rings. The molecule has 2 heterocycles. The highest BCUT2D eigenvalue weighted by Crippen LogP contribution is 2.24. The Kier molecular flexibility index (Phi) is 5.16. The van der Waals surface area contributed by atoms with Gasteiger partial charge in [-0.05, 0) is 57.2 Å². The molecular weight excluding hydrogens is 232 g/mol. The zero-order chi connectivity index (χ0) is 12.1. The van der Waals surface area contributed by atoms with Crippen LogP contribution in [-0.2, 0) is 4.79 Å². The number of piperidine rings is 1. The van der Waals surface area contributed by atoms with Gasteiger partial charge in [0, 0.05) is 18.5 Å². The van der Waals surface area contributed by atoms with Gasteiger partial charge in [0.1, 0.15) is 0 Å². The van der Waals surface area contributed by atoms with Crippen molar-refractivity contribution in [2.45, 2.75) is 38.6 Å². The number of hydrogen-bond acceptors (Lipinski definition) is 3. The van der Waals surface area contributed by atoms with E-state index in [0.717, 1.165) is 32.5 Å². The van der Waals surface area contributed by atoms with E-state index in [2.05, 4.69) is 17.1 Å². The van der Waals surface area contributed by atoms with Crippen molar-refractivity contribution in [3.05, 3.63) is 0 Å². The molecule has 2 aliphatic heterocycles. The molecule has 2 fully saturated rings. The number of rotatable bonds is 3. The van der Waals surface area contributed by atoms with Gasteiger partial charge in [0.25, 0.3) is 0 Å². The van der Waals surface area contributed by atoms with E-state index in [0.29, 0.717) is 11.9 Å². The van der Waals surface area contributed by atoms with E-state index in [1.807, 2.05) is 11.8 Å². The van der Waals surface area contributed by atoms with Crippen LogP contribution in [0.3, 0.4) is 0 Å². The van der Waals surface area contributed by atoms with Crippen LogP contribution in [0.5, 0.6) is 0 Å². The van der Waals surface area contributed by atoms with Gasteiger partial charge in [0.05, 0.1) is 0 Å². The second-order valence-electron chi connectivity index (χ2n) is 4.99. The van der Waals surface area contributed by atoms with Gasteiger partial charge in [-0.1, -0.05) is 0 Å². The molecule has 0 spiro atoms. The molecule has 2 saturated heterocycles. The molecule has 0 aromatic carbocycles. The first-order valence-corrected chi connectivity index (χ1v) is 8.07. The first-order valence-electron chi connectivity index (χ1n) is 6.92. The Morgan fingerprint density at radius 3 is 2.47 bits per heavy atom. The normalized spacial score (nSPS) is 23.6. The maximum atomic E-state index is 12.5. The average molecular weight is 256 g/mol. The Morgan fingerprint density at radius 2 is 1.88 bits per heavy atom. The van der Waals surface area contributed by atoms with Crippen LogP contribution in [0.25, 0.3) is 0 Å². The maximum absolute atomic E-state index is 12.5. The van der Waals surface area contributed by atoms with Gasteiger partial charge in [0.15, 0.2) is 0 Å². The molecule has 1 N–H and O–H groups in total. The molecule has 1 amide bonds. The van der Waals surface area contributed by atoms with Crippen LogP contribution in [0.1, 0.15) is 32.6 Å². The Labute approximate surface area is 109 Å². The van der Waals surface area contributed by atoms with E-state index in [4.69, 9.17) is 0 Å². The SMILES string of the molecule is CCN(C(=O)C1CCNCC1)C1CCSCC1. The van der Waals surface area contributed by atoms with Crippen molar-refractivity contribution in [2.75, 3.05) is 31.1 Å². The van der Waals surface area contributed by atoms with E-state index in [-0.39, 0.29) is 5.92 Å². The molecule has 0 unspecified atom stereocenters. The standard InChI is InChI=1S/C13H24N2OS/c1-2-15(12-5-9-17-10-6-12)13(16)11-3-7-14-8-4-11/h11-12,14H,2-10H2,1H3. The van der Waals surface area contributed by atoms with Gasteiger partial charge in [-0.3, -0.25) is 4.79 Å². The van der Waals surface area contributed by atoms with Crippen molar-refractivity contribution in [1.82, 2.24) is 10.2 Å². The van der Waals surface area contributed by atoms with Crippen LogP contribution >= 0.6 is 11.8 Å². The second-order valence-corrected chi connectivity index (χ2v) is 6.22. The summed E-state index contributed by atoms with van der Waals surface area (Å²) in [4.78, 5) is 14.7. The molecular formula is C13H24N2OS. The average Bonchev–Trinajstić information content (AvgIpc) is 2.42. The fourth-order valence-electron chi connectivity index (χ4n) is 2.89. The first kappa shape index (κ1) is 13.2. The Hall–Kier alpha value is -0.220. The summed E-state index contributed by atoms with van der Waals surface area (Å²) in [5.74, 6) is 3.15. The predicted octanol–water partition coefficient (Wildman–Crippen LogP) is 1.73. The first-order chi connectivity index (χ1) is 8.33. The molecule has 98 valence electrons. The molecule has 2 rings (SSSR count). The number of nitrogens with one attached hydrogen (secondary N) is 1. The highest BCUT2D eigenvalue weighted by molar-refractivity contribution is 7.99. The quantitative estimate of drug-likeness (QED) is 0.834. The van der Waals surface area contributed by atoms with Crippen molar-refractivity contribution in [3.8, 4) is 0 Å². The minimum absolute atomic E-state index is 0.283. The molecule has 0 atom stereocenters. The third kappa shape index (κ3) is 3.38. The number of amides is 1. The van der Waals surface area contributed by atoms with Crippen LogP contribution in [0.15, 0.2) is 0 Å². The Balaban J connectivity index is 1.93. The molecule has 0 radical (unpaired) electrons. The summed E-state index contributed by atoms with van der Waals surface area (Å²) < 4.78 is 0. The summed E-state index contributed by atoms with van der Waals surface area (Å²) in [6, 6.07) is 0.517. The number of thioether (sulfide) groups is 1. The van der Waals surface area contributed by atoms with Crippen LogP contribution in [0.4, 0.5) is 0 Å². The lowest BCUT2D eigenvalue weighted by Gasteiger charge is -2.36. The maximum Gasteiger partial charge on any atom is 0.226 e. The molecule has 17 heavy (non-hydrogen) atoms. The topological polar surface area (TPSA) is 32.3 Å². The van der Waals surface area contributed by atoms with E-state index in [9.17, 15) is 4.79 Å². The van der Waals surface area contributed by atoms with Crippen molar-refractivity contribution < 1.29 is 4.79 Å². The second kappa shape index (κ2) is 6.64. The Bertz CT molecular complexity index is 248. The number of nitrogens with zero attached hydrogens (tertiary/aromatic N) is 1. The van der Waals surface area contributed by atoms with E-state index < -0.39 is 0 Å². The lowest BCUT2D eigenvalue weighted by molar-refractivity contribution is -0.138. The minimum Gasteiger partial charge on any atom is -0.340 e. The highest BCUT2D eigenvalue weighted by atomic mass is 32.2. The molecule has 3 nitrogen and oxygen atoms in total. The van der Waals surface area contributed by atoms with Gasteiger partial charge in [-0.2, -0.15) is 11.8 Å². The molecule has 4 heteroatoms. The van der Waals surface area contributed by atoms with Crippen molar-refractivity contribution >= 4 is 17.7 Å².